The Morgan fingerprint density at radius 3 is 2.44 bits per heavy atom. The lowest BCUT2D eigenvalue weighted by Gasteiger charge is -1.92. The van der Waals surface area contributed by atoms with Gasteiger partial charge in [0.05, 0.1) is 0 Å². The van der Waals surface area contributed by atoms with Crippen LogP contribution in [-0.2, 0) is 0 Å². The van der Waals surface area contributed by atoms with Gasteiger partial charge in [0, 0.05) is 6.42 Å². The fraction of sp³-hybridized carbons (Fsp3) is 0.556. The third kappa shape index (κ3) is 7.30. The van der Waals surface area contributed by atoms with E-state index in [2.05, 4.69) is 32.3 Å². The maximum Gasteiger partial charge on any atom is 0.0115 e. The molecule has 9 heavy (non-hydrogen) atoms. The second kappa shape index (κ2) is 4.21. The molecule has 0 aromatic heterocycles. The van der Waals surface area contributed by atoms with Crippen LogP contribution in [0, 0.1) is 17.8 Å². The lowest BCUT2D eigenvalue weighted by Crippen LogP contribution is -1.81. The highest BCUT2D eigenvalue weighted by Crippen LogP contribution is 1.96. The number of allylic oxidation sites excluding steroid dienone is 1. The number of rotatable bonds is 1. The second-order valence-corrected chi connectivity index (χ2v) is 2.68. The molecular weight excluding hydrogens is 108 g/mol. The van der Waals surface area contributed by atoms with Crippen molar-refractivity contribution in [3.63, 3.8) is 0 Å². The van der Waals surface area contributed by atoms with Crippen LogP contribution in [0.15, 0.2) is 12.2 Å². The summed E-state index contributed by atoms with van der Waals surface area (Å²) < 4.78 is 0. The van der Waals surface area contributed by atoms with Gasteiger partial charge < -0.3 is 0 Å². The Hall–Kier alpha value is -0.700. The van der Waals surface area contributed by atoms with Gasteiger partial charge in [-0.3, -0.25) is 0 Å². The summed E-state index contributed by atoms with van der Waals surface area (Å²) >= 11 is 0. The molecule has 0 aromatic carbocycles. The van der Waals surface area contributed by atoms with Gasteiger partial charge in [-0.1, -0.05) is 32.3 Å². The maximum atomic E-state index is 3.68. The van der Waals surface area contributed by atoms with E-state index in [1.54, 1.807) is 0 Å². The Balaban J connectivity index is 3.50. The molecule has 0 rings (SSSR count). The smallest absolute Gasteiger partial charge is 0.0115 e. The van der Waals surface area contributed by atoms with Crippen LogP contribution in [0.3, 0.4) is 0 Å². The van der Waals surface area contributed by atoms with Crippen molar-refractivity contribution in [3.8, 4) is 11.8 Å². The highest BCUT2D eigenvalue weighted by molar-refractivity contribution is 5.22. The van der Waals surface area contributed by atoms with Crippen LogP contribution in [0.1, 0.15) is 27.2 Å². The summed E-state index contributed by atoms with van der Waals surface area (Å²) in [6.07, 6.45) is 0.979. The standard InChI is InChI=1S/C9H14/c1-8(2)6-5-7-9(3)4/h9H,1,7H2,2-4H3. The van der Waals surface area contributed by atoms with E-state index in [1.807, 2.05) is 6.92 Å². The molecular formula is C9H14. The molecule has 50 valence electrons. The SMILES string of the molecule is C=C(C)C#CCC(C)C. The highest BCUT2D eigenvalue weighted by Gasteiger charge is 1.85. The molecule has 0 heteroatoms. The van der Waals surface area contributed by atoms with Gasteiger partial charge in [0.2, 0.25) is 0 Å². The number of hydrogen-bond donors (Lipinski definition) is 0. The molecule has 0 spiro atoms. The average molecular weight is 122 g/mol. The zero-order chi connectivity index (χ0) is 7.28. The first kappa shape index (κ1) is 8.30. The van der Waals surface area contributed by atoms with Gasteiger partial charge in [0.15, 0.2) is 0 Å². The van der Waals surface area contributed by atoms with Crippen LogP contribution >= 0.6 is 0 Å². The van der Waals surface area contributed by atoms with Gasteiger partial charge in [-0.05, 0) is 18.4 Å². The van der Waals surface area contributed by atoms with Crippen molar-refractivity contribution < 1.29 is 0 Å². The minimum atomic E-state index is 0.678. The molecule has 0 fully saturated rings. The van der Waals surface area contributed by atoms with Crippen LogP contribution in [0.4, 0.5) is 0 Å². The monoisotopic (exact) mass is 122 g/mol. The Morgan fingerprint density at radius 1 is 1.56 bits per heavy atom. The molecule has 0 amide bonds. The Bertz CT molecular complexity index is 141. The Morgan fingerprint density at radius 2 is 2.11 bits per heavy atom. The van der Waals surface area contributed by atoms with Crippen molar-refractivity contribution in [2.75, 3.05) is 0 Å². The van der Waals surface area contributed by atoms with Crippen molar-refractivity contribution in [2.24, 2.45) is 5.92 Å². The lowest BCUT2D eigenvalue weighted by molar-refractivity contribution is 0.676. The topological polar surface area (TPSA) is 0 Å². The molecule has 0 bridgehead atoms. The summed E-state index contributed by atoms with van der Waals surface area (Å²) in [7, 11) is 0. The van der Waals surface area contributed by atoms with Crippen molar-refractivity contribution in [1.29, 1.82) is 0 Å². The molecule has 0 nitrogen and oxygen atoms in total. The van der Waals surface area contributed by atoms with Crippen LogP contribution < -0.4 is 0 Å². The molecule has 0 aromatic rings. The molecule has 0 saturated heterocycles. The molecule has 0 aliphatic carbocycles. The van der Waals surface area contributed by atoms with Crippen molar-refractivity contribution in [1.82, 2.24) is 0 Å². The zero-order valence-corrected chi connectivity index (χ0v) is 6.49. The van der Waals surface area contributed by atoms with Crippen LogP contribution in [0.5, 0.6) is 0 Å². The first-order valence-electron chi connectivity index (χ1n) is 3.27. The van der Waals surface area contributed by atoms with Gasteiger partial charge in [-0.25, -0.2) is 0 Å². The third-order valence-corrected chi connectivity index (χ3v) is 0.812. The minimum absolute atomic E-state index is 0.678. The van der Waals surface area contributed by atoms with Gasteiger partial charge in [0.1, 0.15) is 0 Å². The molecule has 0 unspecified atom stereocenters. The first-order valence-corrected chi connectivity index (χ1v) is 3.27. The van der Waals surface area contributed by atoms with E-state index in [0.717, 1.165) is 12.0 Å². The normalized spacial score (nSPS) is 8.44. The van der Waals surface area contributed by atoms with Gasteiger partial charge in [0.25, 0.3) is 0 Å². The summed E-state index contributed by atoms with van der Waals surface area (Å²) in [5, 5.41) is 0. The molecule has 0 radical (unpaired) electrons. The number of hydrogen-bond acceptors (Lipinski definition) is 0. The fourth-order valence-electron chi connectivity index (χ4n) is 0.406. The quantitative estimate of drug-likeness (QED) is 0.469. The van der Waals surface area contributed by atoms with E-state index in [9.17, 15) is 0 Å². The van der Waals surface area contributed by atoms with E-state index in [0.29, 0.717) is 5.92 Å². The van der Waals surface area contributed by atoms with Gasteiger partial charge >= 0.3 is 0 Å². The summed E-state index contributed by atoms with van der Waals surface area (Å²) in [6, 6.07) is 0. The minimum Gasteiger partial charge on any atom is -0.0980 e. The van der Waals surface area contributed by atoms with Crippen LogP contribution in [0.25, 0.3) is 0 Å². The van der Waals surface area contributed by atoms with Crippen LogP contribution in [0.2, 0.25) is 0 Å². The van der Waals surface area contributed by atoms with Gasteiger partial charge in [-0.15, -0.1) is 0 Å². The fourth-order valence-corrected chi connectivity index (χ4v) is 0.406. The largest absolute Gasteiger partial charge is 0.0980 e. The van der Waals surface area contributed by atoms with E-state index in [1.165, 1.54) is 0 Å². The molecule has 0 N–H and O–H groups in total. The Kier molecular flexibility index (Phi) is 3.88. The van der Waals surface area contributed by atoms with E-state index < -0.39 is 0 Å². The molecule has 0 aliphatic rings. The van der Waals surface area contributed by atoms with E-state index in [4.69, 9.17) is 0 Å². The molecule has 0 heterocycles. The predicted molar refractivity (Wildman–Crippen MR) is 42.0 cm³/mol. The third-order valence-electron chi connectivity index (χ3n) is 0.812. The average Bonchev–Trinajstić information content (AvgIpc) is 1.63. The summed E-state index contributed by atoms with van der Waals surface area (Å²) in [4.78, 5) is 0. The van der Waals surface area contributed by atoms with Crippen molar-refractivity contribution >= 4 is 0 Å². The summed E-state index contributed by atoms with van der Waals surface area (Å²) in [6.45, 7) is 9.92. The Labute approximate surface area is 58.0 Å². The van der Waals surface area contributed by atoms with Crippen LogP contribution in [-0.4, -0.2) is 0 Å². The lowest BCUT2D eigenvalue weighted by atomic mass is 10.1. The summed E-state index contributed by atoms with van der Waals surface area (Å²) in [5.74, 6) is 6.64. The van der Waals surface area contributed by atoms with Crippen molar-refractivity contribution in [2.45, 2.75) is 27.2 Å². The van der Waals surface area contributed by atoms with Crippen molar-refractivity contribution in [3.05, 3.63) is 12.2 Å². The van der Waals surface area contributed by atoms with E-state index >= 15 is 0 Å². The second-order valence-electron chi connectivity index (χ2n) is 2.68. The van der Waals surface area contributed by atoms with E-state index in [-0.39, 0.29) is 0 Å². The maximum absolute atomic E-state index is 3.68. The first-order chi connectivity index (χ1) is 4.13. The highest BCUT2D eigenvalue weighted by atomic mass is 13.9. The molecule has 0 atom stereocenters. The van der Waals surface area contributed by atoms with Gasteiger partial charge in [-0.2, -0.15) is 0 Å². The zero-order valence-electron chi connectivity index (χ0n) is 6.49. The molecule has 0 saturated carbocycles. The summed E-state index contributed by atoms with van der Waals surface area (Å²) in [5.41, 5.74) is 0.954. The molecule has 0 aliphatic heterocycles. The predicted octanol–water partition coefficient (Wildman–Crippen LogP) is 2.61.